The van der Waals surface area contributed by atoms with Crippen LogP contribution in [0.15, 0.2) is 42.5 Å². The summed E-state index contributed by atoms with van der Waals surface area (Å²) in [5.74, 6) is -0.402. The number of rotatable bonds is 8. The van der Waals surface area contributed by atoms with Gasteiger partial charge in [0.25, 0.3) is 0 Å². The number of benzene rings is 2. The Bertz CT molecular complexity index is 815. The Balaban J connectivity index is 1.78. The third-order valence-electron chi connectivity index (χ3n) is 5.16. The van der Waals surface area contributed by atoms with Crippen molar-refractivity contribution in [3.05, 3.63) is 48.0 Å². The number of carbonyl (C=O) groups is 2. The number of carbonyl (C=O) groups excluding carboxylic acids is 2. The van der Waals surface area contributed by atoms with Crippen molar-refractivity contribution in [3.8, 4) is 0 Å². The molecule has 150 valence electrons. The zero-order chi connectivity index (χ0) is 19.9. The van der Waals surface area contributed by atoms with E-state index < -0.39 is 6.04 Å². The van der Waals surface area contributed by atoms with Crippen LogP contribution in [0.25, 0.3) is 10.8 Å². The van der Waals surface area contributed by atoms with E-state index in [2.05, 4.69) is 29.6 Å². The molecule has 1 aliphatic heterocycles. The third-order valence-corrected chi connectivity index (χ3v) is 5.16. The fourth-order valence-corrected chi connectivity index (χ4v) is 3.72. The first-order valence-corrected chi connectivity index (χ1v) is 9.62. The zero-order valence-electron chi connectivity index (χ0n) is 15.9. The molecule has 3 rings (SSSR count). The molecule has 2 aromatic rings. The second-order valence-corrected chi connectivity index (χ2v) is 6.95. The lowest BCUT2D eigenvalue weighted by atomic mass is 10.0. The summed E-state index contributed by atoms with van der Waals surface area (Å²) in [6.07, 6.45) is 0.0244. The van der Waals surface area contributed by atoms with Gasteiger partial charge in [-0.15, -0.1) is 0 Å². The summed E-state index contributed by atoms with van der Waals surface area (Å²) >= 11 is 0. The van der Waals surface area contributed by atoms with E-state index in [1.807, 2.05) is 23.1 Å². The average molecular weight is 385 g/mol. The van der Waals surface area contributed by atoms with Gasteiger partial charge in [0.1, 0.15) is 0 Å². The van der Waals surface area contributed by atoms with Gasteiger partial charge in [-0.3, -0.25) is 14.5 Å². The van der Waals surface area contributed by atoms with Gasteiger partial charge >= 0.3 is 0 Å². The summed E-state index contributed by atoms with van der Waals surface area (Å²) in [7, 11) is 0. The second kappa shape index (κ2) is 9.64. The van der Waals surface area contributed by atoms with Crippen LogP contribution in [0.5, 0.6) is 0 Å². The van der Waals surface area contributed by atoms with Gasteiger partial charge in [-0.25, -0.2) is 0 Å². The highest BCUT2D eigenvalue weighted by molar-refractivity contribution is 5.89. The largest absolute Gasteiger partial charge is 0.395 e. The SMILES string of the molecule is O=C1NCCN(Cc2cccc3ccccc23)[C@@H]1CC(=O)N(CCO)CCO. The Hall–Kier alpha value is -2.48. The van der Waals surface area contributed by atoms with Crippen molar-refractivity contribution in [3.63, 3.8) is 0 Å². The van der Waals surface area contributed by atoms with Crippen LogP contribution in [0, 0.1) is 0 Å². The number of piperazine rings is 1. The maximum Gasteiger partial charge on any atom is 0.237 e. The Morgan fingerprint density at radius 2 is 1.82 bits per heavy atom. The lowest BCUT2D eigenvalue weighted by Gasteiger charge is -2.36. The first-order chi connectivity index (χ1) is 13.6. The van der Waals surface area contributed by atoms with E-state index in [0.29, 0.717) is 19.6 Å². The van der Waals surface area contributed by atoms with Crippen molar-refractivity contribution >= 4 is 22.6 Å². The van der Waals surface area contributed by atoms with Crippen molar-refractivity contribution in [1.82, 2.24) is 15.1 Å². The summed E-state index contributed by atoms with van der Waals surface area (Å²) in [6, 6.07) is 13.7. The summed E-state index contributed by atoms with van der Waals surface area (Å²) < 4.78 is 0. The van der Waals surface area contributed by atoms with Crippen molar-refractivity contribution in [2.75, 3.05) is 39.4 Å². The lowest BCUT2D eigenvalue weighted by Crippen LogP contribution is -2.56. The average Bonchev–Trinajstić information content (AvgIpc) is 2.70. The molecule has 0 radical (unpaired) electrons. The van der Waals surface area contributed by atoms with Crippen LogP contribution >= 0.6 is 0 Å². The summed E-state index contributed by atoms with van der Waals surface area (Å²) in [5.41, 5.74) is 1.12. The van der Waals surface area contributed by atoms with Gasteiger partial charge in [0.05, 0.1) is 25.7 Å². The minimum absolute atomic E-state index is 0.0244. The summed E-state index contributed by atoms with van der Waals surface area (Å²) in [4.78, 5) is 28.6. The lowest BCUT2D eigenvalue weighted by molar-refractivity contribution is -0.139. The van der Waals surface area contributed by atoms with Crippen LogP contribution in [0.3, 0.4) is 0 Å². The van der Waals surface area contributed by atoms with Crippen molar-refractivity contribution in [2.24, 2.45) is 0 Å². The minimum Gasteiger partial charge on any atom is -0.395 e. The molecule has 1 saturated heterocycles. The van der Waals surface area contributed by atoms with Crippen molar-refractivity contribution in [2.45, 2.75) is 19.0 Å². The molecule has 7 nitrogen and oxygen atoms in total. The summed E-state index contributed by atoms with van der Waals surface area (Å²) in [5, 5.41) is 23.4. The molecule has 2 aromatic carbocycles. The molecule has 28 heavy (non-hydrogen) atoms. The molecule has 0 spiro atoms. The highest BCUT2D eigenvalue weighted by atomic mass is 16.3. The molecular formula is C21H27N3O4. The molecule has 7 heteroatoms. The minimum atomic E-state index is -0.569. The highest BCUT2D eigenvalue weighted by Gasteiger charge is 2.33. The van der Waals surface area contributed by atoms with Crippen LogP contribution < -0.4 is 5.32 Å². The van der Waals surface area contributed by atoms with E-state index in [1.54, 1.807) is 0 Å². The van der Waals surface area contributed by atoms with E-state index >= 15 is 0 Å². The quantitative estimate of drug-likeness (QED) is 0.610. The zero-order valence-corrected chi connectivity index (χ0v) is 15.9. The van der Waals surface area contributed by atoms with E-state index in [1.165, 1.54) is 4.90 Å². The predicted octanol–water partition coefficient (Wildman–Crippen LogP) is 0.343. The number of aliphatic hydroxyl groups excluding tert-OH is 2. The first kappa shape index (κ1) is 20.3. The number of hydrogen-bond donors (Lipinski definition) is 3. The molecule has 0 bridgehead atoms. The second-order valence-electron chi connectivity index (χ2n) is 6.95. The molecule has 0 aromatic heterocycles. The normalized spacial score (nSPS) is 17.5. The molecular weight excluding hydrogens is 358 g/mol. The number of amides is 2. The Kier molecular flexibility index (Phi) is 6.97. The number of hydrogen-bond acceptors (Lipinski definition) is 5. The van der Waals surface area contributed by atoms with Gasteiger partial charge in [0.2, 0.25) is 11.8 Å². The molecule has 1 heterocycles. The van der Waals surface area contributed by atoms with E-state index in [4.69, 9.17) is 10.2 Å². The van der Waals surface area contributed by atoms with Crippen molar-refractivity contribution < 1.29 is 19.8 Å². The fourth-order valence-electron chi connectivity index (χ4n) is 3.72. The molecule has 0 saturated carbocycles. The standard InChI is InChI=1S/C21H27N3O4/c25-12-10-23(11-13-26)20(27)14-19-21(28)22-8-9-24(19)15-17-6-3-5-16-4-1-2-7-18(16)17/h1-7,19,25-26H,8-15H2,(H,22,28)/t19-/m1/s1. The van der Waals surface area contributed by atoms with E-state index in [0.717, 1.165) is 16.3 Å². The van der Waals surface area contributed by atoms with Gasteiger partial charge in [-0.05, 0) is 16.3 Å². The molecule has 0 unspecified atom stereocenters. The molecule has 1 aliphatic rings. The van der Waals surface area contributed by atoms with E-state index in [-0.39, 0.29) is 44.5 Å². The van der Waals surface area contributed by atoms with Crippen LogP contribution in [0.2, 0.25) is 0 Å². The van der Waals surface area contributed by atoms with Gasteiger partial charge in [0.15, 0.2) is 0 Å². The Labute approximate surface area is 164 Å². The number of nitrogens with one attached hydrogen (secondary N) is 1. The Morgan fingerprint density at radius 3 is 2.57 bits per heavy atom. The predicted molar refractivity (Wildman–Crippen MR) is 107 cm³/mol. The topological polar surface area (TPSA) is 93.1 Å². The maximum absolute atomic E-state index is 12.6. The Morgan fingerprint density at radius 1 is 1.11 bits per heavy atom. The van der Waals surface area contributed by atoms with Crippen molar-refractivity contribution in [1.29, 1.82) is 0 Å². The van der Waals surface area contributed by atoms with Crippen LogP contribution in [-0.4, -0.2) is 77.3 Å². The highest BCUT2D eigenvalue weighted by Crippen LogP contribution is 2.22. The van der Waals surface area contributed by atoms with Gasteiger partial charge < -0.3 is 20.4 Å². The number of nitrogens with zero attached hydrogens (tertiary/aromatic N) is 2. The maximum atomic E-state index is 12.6. The molecule has 1 atom stereocenters. The first-order valence-electron chi connectivity index (χ1n) is 9.62. The smallest absolute Gasteiger partial charge is 0.237 e. The fraction of sp³-hybridized carbons (Fsp3) is 0.429. The molecule has 1 fully saturated rings. The van der Waals surface area contributed by atoms with Crippen LogP contribution in [0.1, 0.15) is 12.0 Å². The van der Waals surface area contributed by atoms with Crippen LogP contribution in [-0.2, 0) is 16.1 Å². The monoisotopic (exact) mass is 385 g/mol. The van der Waals surface area contributed by atoms with Gasteiger partial charge in [-0.2, -0.15) is 0 Å². The molecule has 0 aliphatic carbocycles. The third kappa shape index (κ3) is 4.67. The summed E-state index contributed by atoms with van der Waals surface area (Å²) in [6.45, 7) is 1.73. The van der Waals surface area contributed by atoms with Crippen LogP contribution in [0.4, 0.5) is 0 Å². The van der Waals surface area contributed by atoms with Gasteiger partial charge in [0, 0.05) is 32.7 Å². The van der Waals surface area contributed by atoms with Gasteiger partial charge in [-0.1, -0.05) is 42.5 Å². The molecule has 3 N–H and O–H groups in total. The molecule has 2 amide bonds. The van der Waals surface area contributed by atoms with E-state index in [9.17, 15) is 9.59 Å². The number of aliphatic hydroxyl groups is 2. The number of fused-ring (bicyclic) bond motifs is 1.